The van der Waals surface area contributed by atoms with Crippen LogP contribution in [0.2, 0.25) is 0 Å². The van der Waals surface area contributed by atoms with Crippen LogP contribution in [0.25, 0.3) is 0 Å². The van der Waals surface area contributed by atoms with Crippen LogP contribution in [0.5, 0.6) is 0 Å². The van der Waals surface area contributed by atoms with Crippen molar-refractivity contribution in [1.82, 2.24) is 0 Å². The number of fused-ring (bicyclic) bond motifs is 1. The minimum absolute atomic E-state index is 0.0478. The number of carbonyl (C=O) groups excluding carboxylic acids is 2. The average Bonchev–Trinajstić information content (AvgIpc) is 3.46. The normalized spacial score (nSPS) is 17.4. The monoisotopic (exact) mass is 348 g/mol. The van der Waals surface area contributed by atoms with Gasteiger partial charge in [0.25, 0.3) is 0 Å². The molecule has 1 aliphatic carbocycles. The van der Waals surface area contributed by atoms with Crippen molar-refractivity contribution in [2.45, 2.75) is 39.5 Å². The molecule has 2 amide bonds. The van der Waals surface area contributed by atoms with Crippen molar-refractivity contribution in [3.8, 4) is 0 Å². The number of para-hydroxylation sites is 2. The molecule has 0 atom stereocenters. The maximum absolute atomic E-state index is 13.3. The topological polar surface area (TPSA) is 49.4 Å². The first kappa shape index (κ1) is 16.8. The zero-order chi connectivity index (χ0) is 18.3. The van der Waals surface area contributed by atoms with Gasteiger partial charge in [-0.1, -0.05) is 36.4 Å². The molecule has 2 aromatic carbocycles. The van der Waals surface area contributed by atoms with Crippen LogP contribution in [0.1, 0.15) is 36.0 Å². The highest BCUT2D eigenvalue weighted by Crippen LogP contribution is 2.49. The average molecular weight is 348 g/mol. The Hall–Kier alpha value is -2.62. The number of amides is 2. The number of nitrogens with one attached hydrogen (secondary N) is 1. The second kappa shape index (κ2) is 6.27. The molecule has 1 N–H and O–H groups in total. The van der Waals surface area contributed by atoms with E-state index >= 15 is 0 Å². The predicted molar refractivity (Wildman–Crippen MR) is 103 cm³/mol. The van der Waals surface area contributed by atoms with Crippen LogP contribution in [-0.4, -0.2) is 18.4 Å². The second-order valence-corrected chi connectivity index (χ2v) is 7.49. The molecule has 2 aliphatic rings. The number of rotatable bonds is 3. The first-order chi connectivity index (χ1) is 12.5. The molecule has 134 valence electrons. The van der Waals surface area contributed by atoms with E-state index < -0.39 is 5.41 Å². The first-order valence-electron chi connectivity index (χ1n) is 9.30. The number of hydrogen-bond acceptors (Lipinski definition) is 2. The Morgan fingerprint density at radius 2 is 1.69 bits per heavy atom. The van der Waals surface area contributed by atoms with Crippen LogP contribution in [-0.2, 0) is 16.0 Å². The van der Waals surface area contributed by atoms with Crippen LogP contribution in [0.3, 0.4) is 0 Å². The third-order valence-corrected chi connectivity index (χ3v) is 5.67. The lowest BCUT2D eigenvalue weighted by Crippen LogP contribution is -2.45. The third-order valence-electron chi connectivity index (χ3n) is 5.67. The Labute approximate surface area is 154 Å². The fraction of sp³-hybridized carbons (Fsp3) is 0.364. The van der Waals surface area contributed by atoms with Crippen molar-refractivity contribution in [3.63, 3.8) is 0 Å². The molecule has 4 rings (SSSR count). The number of anilines is 2. The molecule has 0 unspecified atom stereocenters. The fourth-order valence-electron chi connectivity index (χ4n) is 3.91. The first-order valence-corrected chi connectivity index (χ1v) is 9.30. The molecule has 26 heavy (non-hydrogen) atoms. The van der Waals surface area contributed by atoms with E-state index in [0.717, 1.165) is 35.3 Å². The fourth-order valence-corrected chi connectivity index (χ4v) is 3.91. The quantitative estimate of drug-likeness (QED) is 0.852. The van der Waals surface area contributed by atoms with E-state index in [1.54, 1.807) is 0 Å². The van der Waals surface area contributed by atoms with Crippen molar-refractivity contribution < 1.29 is 9.59 Å². The standard InChI is InChI=1S/C22H24N2O2/c1-15-7-5-8-16(2)19(15)23-20(25)22(12-13-22)21(26)24-14-6-10-17-9-3-4-11-18(17)24/h3-5,7-9,11H,6,10,12-14H2,1-2H3,(H,23,25). The largest absolute Gasteiger partial charge is 0.325 e. The highest BCUT2D eigenvalue weighted by molar-refractivity contribution is 6.18. The Morgan fingerprint density at radius 3 is 2.38 bits per heavy atom. The van der Waals surface area contributed by atoms with Gasteiger partial charge in [-0.3, -0.25) is 9.59 Å². The number of nitrogens with zero attached hydrogens (tertiary/aromatic N) is 1. The van der Waals surface area contributed by atoms with E-state index in [1.165, 1.54) is 5.56 Å². The summed E-state index contributed by atoms with van der Waals surface area (Å²) in [5.74, 6) is -0.212. The SMILES string of the molecule is Cc1cccc(C)c1NC(=O)C1(C(=O)N2CCCc3ccccc32)CC1. The van der Waals surface area contributed by atoms with Crippen molar-refractivity contribution >= 4 is 23.2 Å². The Balaban J connectivity index is 1.60. The third kappa shape index (κ3) is 2.70. The van der Waals surface area contributed by atoms with Crippen molar-refractivity contribution in [2.24, 2.45) is 5.41 Å². The summed E-state index contributed by atoms with van der Waals surface area (Å²) in [6, 6.07) is 14.0. The van der Waals surface area contributed by atoms with Gasteiger partial charge in [-0.05, 0) is 62.3 Å². The molecule has 2 aromatic rings. The molecule has 0 bridgehead atoms. The molecular weight excluding hydrogens is 324 g/mol. The summed E-state index contributed by atoms with van der Waals surface area (Å²) < 4.78 is 0. The van der Waals surface area contributed by atoms with E-state index in [2.05, 4.69) is 11.4 Å². The lowest BCUT2D eigenvalue weighted by Gasteiger charge is -2.32. The lowest BCUT2D eigenvalue weighted by molar-refractivity contribution is -0.132. The molecule has 1 saturated carbocycles. The molecule has 0 spiro atoms. The van der Waals surface area contributed by atoms with Crippen molar-refractivity contribution in [3.05, 3.63) is 59.2 Å². The summed E-state index contributed by atoms with van der Waals surface area (Å²) in [5.41, 5.74) is 4.12. The smallest absolute Gasteiger partial charge is 0.242 e. The highest BCUT2D eigenvalue weighted by Gasteiger charge is 2.58. The molecule has 0 aromatic heterocycles. The Kier molecular flexibility index (Phi) is 4.06. The Morgan fingerprint density at radius 1 is 1.00 bits per heavy atom. The Bertz CT molecular complexity index is 863. The van der Waals surface area contributed by atoms with E-state index in [4.69, 9.17) is 0 Å². The van der Waals surface area contributed by atoms with E-state index in [9.17, 15) is 9.59 Å². The van der Waals surface area contributed by atoms with Gasteiger partial charge in [-0.15, -0.1) is 0 Å². The summed E-state index contributed by atoms with van der Waals surface area (Å²) in [4.78, 5) is 28.2. The van der Waals surface area contributed by atoms with Crippen molar-refractivity contribution in [2.75, 3.05) is 16.8 Å². The number of hydrogen-bond donors (Lipinski definition) is 1. The lowest BCUT2D eigenvalue weighted by atomic mass is 9.97. The molecule has 0 saturated heterocycles. The number of carbonyl (C=O) groups is 2. The van der Waals surface area contributed by atoms with Crippen molar-refractivity contribution in [1.29, 1.82) is 0 Å². The van der Waals surface area contributed by atoms with E-state index in [1.807, 2.05) is 55.1 Å². The molecule has 4 nitrogen and oxygen atoms in total. The summed E-state index contributed by atoms with van der Waals surface area (Å²) in [5, 5.41) is 3.04. The van der Waals surface area contributed by atoms with Crippen LogP contribution < -0.4 is 10.2 Å². The summed E-state index contributed by atoms with van der Waals surface area (Å²) in [7, 11) is 0. The van der Waals surface area contributed by atoms with Gasteiger partial charge in [0.05, 0.1) is 0 Å². The maximum Gasteiger partial charge on any atom is 0.242 e. The molecular formula is C22H24N2O2. The van der Waals surface area contributed by atoms with Gasteiger partial charge in [0.15, 0.2) is 0 Å². The minimum atomic E-state index is -0.904. The van der Waals surface area contributed by atoms with Gasteiger partial charge in [-0.2, -0.15) is 0 Å². The van der Waals surface area contributed by atoms with Crippen LogP contribution in [0, 0.1) is 19.3 Å². The zero-order valence-corrected chi connectivity index (χ0v) is 15.3. The van der Waals surface area contributed by atoms with Gasteiger partial charge < -0.3 is 10.2 Å². The highest BCUT2D eigenvalue weighted by atomic mass is 16.2. The van der Waals surface area contributed by atoms with Gasteiger partial charge in [-0.25, -0.2) is 0 Å². The second-order valence-electron chi connectivity index (χ2n) is 7.49. The van der Waals surface area contributed by atoms with Gasteiger partial charge in [0.2, 0.25) is 11.8 Å². The number of benzene rings is 2. The molecule has 1 fully saturated rings. The molecule has 0 radical (unpaired) electrons. The van der Waals surface area contributed by atoms with Crippen LogP contribution in [0.4, 0.5) is 11.4 Å². The minimum Gasteiger partial charge on any atom is -0.325 e. The van der Waals surface area contributed by atoms with E-state index in [0.29, 0.717) is 19.4 Å². The maximum atomic E-state index is 13.3. The number of aryl methyl sites for hydroxylation is 3. The summed E-state index contributed by atoms with van der Waals surface area (Å²) in [6.45, 7) is 4.64. The molecule has 4 heteroatoms. The van der Waals surface area contributed by atoms with Gasteiger partial charge >= 0.3 is 0 Å². The van der Waals surface area contributed by atoms with Crippen LogP contribution in [0.15, 0.2) is 42.5 Å². The predicted octanol–water partition coefficient (Wildman–Crippen LogP) is 4.00. The van der Waals surface area contributed by atoms with E-state index in [-0.39, 0.29) is 11.8 Å². The van der Waals surface area contributed by atoms with Gasteiger partial charge in [0.1, 0.15) is 5.41 Å². The van der Waals surface area contributed by atoms with Crippen LogP contribution >= 0.6 is 0 Å². The zero-order valence-electron chi connectivity index (χ0n) is 15.3. The summed E-state index contributed by atoms with van der Waals surface area (Å²) >= 11 is 0. The molecule has 1 aliphatic heterocycles. The van der Waals surface area contributed by atoms with Gasteiger partial charge in [0, 0.05) is 17.9 Å². The molecule has 1 heterocycles. The summed E-state index contributed by atoms with van der Waals surface area (Å²) in [6.07, 6.45) is 3.18.